The number of pyridine rings is 1. The quantitative estimate of drug-likeness (QED) is 0.721. The minimum absolute atomic E-state index is 0.0570. The number of nitrogens with zero attached hydrogens (tertiary/aromatic N) is 3. The Kier molecular flexibility index (Phi) is 5.42. The molecule has 19 heavy (non-hydrogen) atoms. The molecule has 5 heteroatoms. The van der Waals surface area contributed by atoms with Gasteiger partial charge < -0.3 is 4.74 Å². The second kappa shape index (κ2) is 7.31. The van der Waals surface area contributed by atoms with Crippen molar-refractivity contribution in [1.29, 1.82) is 0 Å². The molecule has 2 heterocycles. The Bertz CT molecular complexity index is 486. The lowest BCUT2D eigenvalue weighted by molar-refractivity contribution is 0.0475. The van der Waals surface area contributed by atoms with E-state index in [0.29, 0.717) is 0 Å². The molecule has 1 unspecified atom stereocenters. The molecule has 0 aliphatic heterocycles. The molecule has 2 aromatic heterocycles. The number of unbranched alkanes of at least 4 members (excludes halogenated alkanes) is 1. The van der Waals surface area contributed by atoms with Gasteiger partial charge in [0, 0.05) is 12.8 Å². The second-order valence-corrected chi connectivity index (χ2v) is 5.29. The van der Waals surface area contributed by atoms with Gasteiger partial charge in [-0.1, -0.05) is 37.7 Å². The summed E-state index contributed by atoms with van der Waals surface area (Å²) in [6.07, 6.45) is 4.97. The lowest BCUT2D eigenvalue weighted by atomic mass is 10.3. The molecule has 0 saturated heterocycles. The number of ether oxygens (including phenoxy) is 1. The fraction of sp³-hybridized carbons (Fsp3) is 0.500. The van der Waals surface area contributed by atoms with E-state index in [0.717, 1.165) is 41.6 Å². The topological polar surface area (TPSA) is 47.9 Å². The number of hydrogen-bond acceptors (Lipinski definition) is 5. The Hall–Kier alpha value is -1.33. The van der Waals surface area contributed by atoms with Gasteiger partial charge >= 0.3 is 0 Å². The lowest BCUT2D eigenvalue weighted by Gasteiger charge is -2.12. The van der Waals surface area contributed by atoms with Gasteiger partial charge in [0.25, 0.3) is 0 Å². The summed E-state index contributed by atoms with van der Waals surface area (Å²) in [5.74, 6) is 0. The van der Waals surface area contributed by atoms with Crippen LogP contribution in [-0.4, -0.2) is 21.8 Å². The predicted octanol–water partition coefficient (Wildman–Crippen LogP) is 3.87. The summed E-state index contributed by atoms with van der Waals surface area (Å²) in [7, 11) is 0. The van der Waals surface area contributed by atoms with Crippen molar-refractivity contribution in [3.8, 4) is 10.7 Å². The zero-order valence-electron chi connectivity index (χ0n) is 11.4. The van der Waals surface area contributed by atoms with Gasteiger partial charge in [-0.05, 0) is 25.0 Å². The Balaban J connectivity index is 2.06. The van der Waals surface area contributed by atoms with Gasteiger partial charge in [0.15, 0.2) is 5.01 Å². The molecule has 0 spiro atoms. The van der Waals surface area contributed by atoms with Crippen LogP contribution in [0.3, 0.4) is 0 Å². The molecule has 0 bridgehead atoms. The summed E-state index contributed by atoms with van der Waals surface area (Å²) in [4.78, 5) is 4.29. The van der Waals surface area contributed by atoms with Crippen LogP contribution in [-0.2, 0) is 4.74 Å². The van der Waals surface area contributed by atoms with Crippen molar-refractivity contribution in [2.45, 2.75) is 39.2 Å². The second-order valence-electron chi connectivity index (χ2n) is 4.28. The van der Waals surface area contributed by atoms with E-state index in [1.54, 1.807) is 17.5 Å². The molecule has 1 atom stereocenters. The normalized spacial score (nSPS) is 12.5. The Labute approximate surface area is 117 Å². The van der Waals surface area contributed by atoms with Crippen molar-refractivity contribution >= 4 is 11.3 Å². The maximum atomic E-state index is 5.85. The zero-order valence-corrected chi connectivity index (χ0v) is 12.2. The molecule has 0 N–H and O–H groups in total. The summed E-state index contributed by atoms with van der Waals surface area (Å²) in [5, 5.41) is 10.3. The summed E-state index contributed by atoms with van der Waals surface area (Å²) < 4.78 is 5.85. The van der Waals surface area contributed by atoms with E-state index in [2.05, 4.69) is 29.0 Å². The largest absolute Gasteiger partial charge is 0.371 e. The molecule has 102 valence electrons. The first kappa shape index (κ1) is 14.1. The van der Waals surface area contributed by atoms with Crippen LogP contribution in [0.15, 0.2) is 24.4 Å². The van der Waals surface area contributed by atoms with Crippen LogP contribution in [0, 0.1) is 0 Å². The van der Waals surface area contributed by atoms with Crippen molar-refractivity contribution in [3.05, 3.63) is 29.4 Å². The monoisotopic (exact) mass is 277 g/mol. The van der Waals surface area contributed by atoms with E-state index in [-0.39, 0.29) is 6.10 Å². The van der Waals surface area contributed by atoms with E-state index in [1.807, 2.05) is 18.2 Å². The van der Waals surface area contributed by atoms with Crippen molar-refractivity contribution in [2.75, 3.05) is 6.61 Å². The molecule has 0 saturated carbocycles. The van der Waals surface area contributed by atoms with Crippen molar-refractivity contribution in [3.63, 3.8) is 0 Å². The van der Waals surface area contributed by atoms with Crippen LogP contribution in [0.4, 0.5) is 0 Å². The smallest absolute Gasteiger partial charge is 0.166 e. The van der Waals surface area contributed by atoms with Crippen LogP contribution in [0.2, 0.25) is 0 Å². The summed E-state index contributed by atoms with van der Waals surface area (Å²) >= 11 is 1.57. The van der Waals surface area contributed by atoms with Crippen LogP contribution in [0.5, 0.6) is 0 Å². The third kappa shape index (κ3) is 3.81. The third-order valence-electron chi connectivity index (χ3n) is 2.79. The fourth-order valence-electron chi connectivity index (χ4n) is 1.69. The van der Waals surface area contributed by atoms with E-state index >= 15 is 0 Å². The van der Waals surface area contributed by atoms with Crippen molar-refractivity contribution in [2.24, 2.45) is 0 Å². The molecule has 2 aromatic rings. The van der Waals surface area contributed by atoms with Gasteiger partial charge in [0.2, 0.25) is 0 Å². The minimum atomic E-state index is 0.0570. The Morgan fingerprint density at radius 2 is 2.16 bits per heavy atom. The maximum Gasteiger partial charge on any atom is 0.166 e. The summed E-state index contributed by atoms with van der Waals surface area (Å²) in [5.41, 5.74) is 0.870. The van der Waals surface area contributed by atoms with Gasteiger partial charge in [-0.25, -0.2) is 0 Å². The standard InChI is InChI=1S/C14H19N3OS/c1-3-5-10-18-12(4-2)14-17-16-13(19-14)11-8-6-7-9-15-11/h6-9,12H,3-5,10H2,1-2H3. The van der Waals surface area contributed by atoms with Crippen LogP contribution >= 0.6 is 11.3 Å². The first-order valence-electron chi connectivity index (χ1n) is 6.71. The molecular weight excluding hydrogens is 258 g/mol. The van der Waals surface area contributed by atoms with Crippen LogP contribution in [0.25, 0.3) is 10.7 Å². The van der Waals surface area contributed by atoms with Crippen molar-refractivity contribution < 1.29 is 4.74 Å². The first-order chi connectivity index (χ1) is 9.35. The number of rotatable bonds is 7. The summed E-state index contributed by atoms with van der Waals surface area (Å²) in [6.45, 7) is 5.06. The molecular formula is C14H19N3OS. The highest BCUT2D eigenvalue weighted by molar-refractivity contribution is 7.14. The molecule has 0 amide bonds. The zero-order chi connectivity index (χ0) is 13.5. The SMILES string of the molecule is CCCCOC(CC)c1nnc(-c2ccccn2)s1. The average molecular weight is 277 g/mol. The molecule has 2 rings (SSSR count). The molecule has 0 aromatic carbocycles. The molecule has 0 fully saturated rings. The highest BCUT2D eigenvalue weighted by Crippen LogP contribution is 2.28. The molecule has 0 radical (unpaired) electrons. The van der Waals surface area contributed by atoms with Crippen LogP contribution < -0.4 is 0 Å². The Morgan fingerprint density at radius 3 is 2.84 bits per heavy atom. The molecule has 4 nitrogen and oxygen atoms in total. The minimum Gasteiger partial charge on any atom is -0.371 e. The van der Waals surface area contributed by atoms with Crippen molar-refractivity contribution in [1.82, 2.24) is 15.2 Å². The van der Waals surface area contributed by atoms with Gasteiger partial charge in [-0.3, -0.25) is 4.98 Å². The first-order valence-corrected chi connectivity index (χ1v) is 7.53. The predicted molar refractivity (Wildman–Crippen MR) is 77.0 cm³/mol. The van der Waals surface area contributed by atoms with Gasteiger partial charge in [-0.2, -0.15) is 0 Å². The fourth-order valence-corrected chi connectivity index (χ4v) is 2.64. The average Bonchev–Trinajstić information content (AvgIpc) is 2.94. The van der Waals surface area contributed by atoms with Gasteiger partial charge in [0.1, 0.15) is 16.8 Å². The molecule has 0 aliphatic rings. The van der Waals surface area contributed by atoms with E-state index in [4.69, 9.17) is 4.74 Å². The van der Waals surface area contributed by atoms with Gasteiger partial charge in [0.05, 0.1) is 0 Å². The number of aromatic nitrogens is 3. The highest BCUT2D eigenvalue weighted by Gasteiger charge is 2.16. The van der Waals surface area contributed by atoms with E-state index in [9.17, 15) is 0 Å². The Morgan fingerprint density at radius 1 is 1.26 bits per heavy atom. The summed E-state index contributed by atoms with van der Waals surface area (Å²) in [6, 6.07) is 5.80. The lowest BCUT2D eigenvalue weighted by Crippen LogP contribution is -2.04. The van der Waals surface area contributed by atoms with E-state index < -0.39 is 0 Å². The molecule has 0 aliphatic carbocycles. The maximum absolute atomic E-state index is 5.85. The highest BCUT2D eigenvalue weighted by atomic mass is 32.1. The van der Waals surface area contributed by atoms with E-state index in [1.165, 1.54) is 0 Å². The van der Waals surface area contributed by atoms with Crippen LogP contribution in [0.1, 0.15) is 44.2 Å². The number of hydrogen-bond donors (Lipinski definition) is 0. The van der Waals surface area contributed by atoms with Gasteiger partial charge in [-0.15, -0.1) is 10.2 Å². The third-order valence-corrected chi connectivity index (χ3v) is 3.83.